The molecule has 0 spiro atoms. The SMILES string of the molecule is COc1cccc(C=Cc2cc(OC)c(OC)c(OC)c2)c1NC(=O)/C=C/c1ccc(N)cc1. The molecule has 0 aliphatic heterocycles. The van der Waals surface area contributed by atoms with Gasteiger partial charge in [0.2, 0.25) is 11.7 Å². The van der Waals surface area contributed by atoms with Gasteiger partial charge in [-0.25, -0.2) is 0 Å². The zero-order chi connectivity index (χ0) is 24.5. The molecule has 0 saturated heterocycles. The first kappa shape index (κ1) is 24.3. The van der Waals surface area contributed by atoms with Crippen LogP contribution >= 0.6 is 0 Å². The fraction of sp³-hybridized carbons (Fsp3) is 0.148. The topological polar surface area (TPSA) is 92.0 Å². The third-order valence-corrected chi connectivity index (χ3v) is 5.03. The maximum absolute atomic E-state index is 12.6. The molecular weight excluding hydrogens is 432 g/mol. The van der Waals surface area contributed by atoms with E-state index in [-0.39, 0.29) is 5.91 Å². The minimum atomic E-state index is -0.288. The van der Waals surface area contributed by atoms with Crippen LogP contribution in [0.25, 0.3) is 18.2 Å². The van der Waals surface area contributed by atoms with Gasteiger partial charge in [0.05, 0.1) is 34.1 Å². The summed E-state index contributed by atoms with van der Waals surface area (Å²) in [5.41, 5.74) is 9.39. The smallest absolute Gasteiger partial charge is 0.248 e. The number of para-hydroxylation sites is 1. The normalized spacial score (nSPS) is 10.9. The Kier molecular flexibility index (Phi) is 8.18. The average Bonchev–Trinajstić information content (AvgIpc) is 2.86. The summed E-state index contributed by atoms with van der Waals surface area (Å²) >= 11 is 0. The van der Waals surface area contributed by atoms with Gasteiger partial charge in [0.1, 0.15) is 5.75 Å². The van der Waals surface area contributed by atoms with Crippen molar-refractivity contribution in [3.63, 3.8) is 0 Å². The number of hydrogen-bond donors (Lipinski definition) is 2. The molecule has 0 unspecified atom stereocenters. The van der Waals surface area contributed by atoms with E-state index in [4.69, 9.17) is 24.7 Å². The summed E-state index contributed by atoms with van der Waals surface area (Å²) in [6, 6.07) is 16.5. The molecule has 1 amide bonds. The molecule has 0 aliphatic carbocycles. The van der Waals surface area contributed by atoms with E-state index in [1.807, 2.05) is 48.6 Å². The molecule has 3 rings (SSSR count). The van der Waals surface area contributed by atoms with Crippen LogP contribution in [0.3, 0.4) is 0 Å². The molecule has 7 nitrogen and oxygen atoms in total. The molecule has 0 radical (unpaired) electrons. The van der Waals surface area contributed by atoms with E-state index >= 15 is 0 Å². The Morgan fingerprint density at radius 2 is 1.41 bits per heavy atom. The van der Waals surface area contributed by atoms with Crippen LogP contribution < -0.4 is 30.0 Å². The molecule has 0 bridgehead atoms. The summed E-state index contributed by atoms with van der Waals surface area (Å²) in [7, 11) is 6.25. The number of nitrogen functional groups attached to an aromatic ring is 1. The molecule has 0 aliphatic rings. The number of hydrogen-bond acceptors (Lipinski definition) is 6. The lowest BCUT2D eigenvalue weighted by Gasteiger charge is -2.13. The fourth-order valence-corrected chi connectivity index (χ4v) is 3.32. The molecule has 176 valence electrons. The lowest BCUT2D eigenvalue weighted by Crippen LogP contribution is -2.10. The average molecular weight is 461 g/mol. The first-order valence-electron chi connectivity index (χ1n) is 10.5. The molecule has 0 heterocycles. The summed E-state index contributed by atoms with van der Waals surface area (Å²) in [6.07, 6.45) is 6.95. The second-order valence-corrected chi connectivity index (χ2v) is 7.21. The summed E-state index contributed by atoms with van der Waals surface area (Å²) in [5.74, 6) is 1.87. The molecule has 0 fully saturated rings. The first-order valence-corrected chi connectivity index (χ1v) is 10.5. The fourth-order valence-electron chi connectivity index (χ4n) is 3.32. The highest BCUT2D eigenvalue weighted by atomic mass is 16.5. The summed E-state index contributed by atoms with van der Waals surface area (Å²) in [4.78, 5) is 12.6. The number of ether oxygens (including phenoxy) is 4. The van der Waals surface area contributed by atoms with Gasteiger partial charge in [-0.2, -0.15) is 0 Å². The Morgan fingerprint density at radius 3 is 2.00 bits per heavy atom. The van der Waals surface area contributed by atoms with Crippen molar-refractivity contribution in [1.29, 1.82) is 0 Å². The molecular formula is C27H28N2O5. The van der Waals surface area contributed by atoms with Crippen LogP contribution in [-0.4, -0.2) is 34.3 Å². The zero-order valence-corrected chi connectivity index (χ0v) is 19.6. The van der Waals surface area contributed by atoms with Gasteiger partial charge in [-0.15, -0.1) is 0 Å². The highest BCUT2D eigenvalue weighted by Gasteiger charge is 2.13. The molecule has 0 saturated carbocycles. The largest absolute Gasteiger partial charge is 0.495 e. The highest BCUT2D eigenvalue weighted by molar-refractivity contribution is 6.04. The number of rotatable bonds is 9. The second kappa shape index (κ2) is 11.5. The Balaban J connectivity index is 1.88. The van der Waals surface area contributed by atoms with E-state index in [9.17, 15) is 4.79 Å². The minimum absolute atomic E-state index is 0.288. The molecule has 3 aromatic carbocycles. The van der Waals surface area contributed by atoms with E-state index in [0.717, 1.165) is 16.7 Å². The quantitative estimate of drug-likeness (QED) is 0.261. The number of anilines is 2. The van der Waals surface area contributed by atoms with E-state index in [0.29, 0.717) is 34.4 Å². The number of amides is 1. The van der Waals surface area contributed by atoms with Crippen LogP contribution in [0.5, 0.6) is 23.0 Å². The maximum atomic E-state index is 12.6. The van der Waals surface area contributed by atoms with Crippen LogP contribution in [0.4, 0.5) is 11.4 Å². The standard InChI is InChI=1S/C27H28N2O5/c1-31-22-7-5-6-20(12-8-19-16-23(32-2)27(34-4)24(17-19)33-3)26(22)29-25(30)15-11-18-9-13-21(28)14-10-18/h5-17H,28H2,1-4H3,(H,29,30)/b12-8?,15-11+. The number of nitrogens with one attached hydrogen (secondary N) is 1. The van der Waals surface area contributed by atoms with Gasteiger partial charge in [-0.1, -0.05) is 36.4 Å². The lowest BCUT2D eigenvalue weighted by molar-refractivity contribution is -0.111. The van der Waals surface area contributed by atoms with Crippen molar-refractivity contribution in [1.82, 2.24) is 0 Å². The molecule has 34 heavy (non-hydrogen) atoms. The number of carbonyl (C=O) groups excluding carboxylic acids is 1. The Morgan fingerprint density at radius 1 is 0.765 bits per heavy atom. The van der Waals surface area contributed by atoms with Gasteiger partial charge in [0, 0.05) is 17.3 Å². The van der Waals surface area contributed by atoms with E-state index in [1.54, 1.807) is 52.7 Å². The van der Waals surface area contributed by atoms with Gasteiger partial charge < -0.3 is 30.0 Å². The van der Waals surface area contributed by atoms with Crippen molar-refractivity contribution in [2.45, 2.75) is 0 Å². The first-order chi connectivity index (χ1) is 16.5. The number of nitrogens with two attached hydrogens (primary N) is 1. The van der Waals surface area contributed by atoms with Gasteiger partial charge in [0.15, 0.2) is 11.5 Å². The van der Waals surface area contributed by atoms with E-state index in [1.165, 1.54) is 6.08 Å². The summed E-state index contributed by atoms with van der Waals surface area (Å²) in [6.45, 7) is 0. The molecule has 0 aromatic heterocycles. The molecule has 7 heteroatoms. The van der Waals surface area contributed by atoms with Crippen LogP contribution in [0.2, 0.25) is 0 Å². The third kappa shape index (κ3) is 5.89. The summed E-state index contributed by atoms with van der Waals surface area (Å²) in [5, 5.41) is 2.92. The Bertz CT molecular complexity index is 1180. The second-order valence-electron chi connectivity index (χ2n) is 7.21. The van der Waals surface area contributed by atoms with Gasteiger partial charge in [-0.05, 0) is 47.5 Å². The van der Waals surface area contributed by atoms with Crippen LogP contribution in [0, 0.1) is 0 Å². The highest BCUT2D eigenvalue weighted by Crippen LogP contribution is 2.39. The van der Waals surface area contributed by atoms with Gasteiger partial charge in [0.25, 0.3) is 0 Å². The maximum Gasteiger partial charge on any atom is 0.248 e. The van der Waals surface area contributed by atoms with Crippen molar-refractivity contribution in [2.24, 2.45) is 0 Å². The van der Waals surface area contributed by atoms with Crippen LogP contribution in [-0.2, 0) is 4.79 Å². The molecule has 0 atom stereocenters. The van der Waals surface area contributed by atoms with Crippen LogP contribution in [0.15, 0.2) is 60.7 Å². The monoisotopic (exact) mass is 460 g/mol. The molecule has 3 aromatic rings. The van der Waals surface area contributed by atoms with Gasteiger partial charge in [-0.3, -0.25) is 4.79 Å². The third-order valence-electron chi connectivity index (χ3n) is 5.03. The van der Waals surface area contributed by atoms with Crippen molar-refractivity contribution < 1.29 is 23.7 Å². The van der Waals surface area contributed by atoms with Crippen molar-refractivity contribution >= 4 is 35.5 Å². The van der Waals surface area contributed by atoms with E-state index < -0.39 is 0 Å². The molecule has 3 N–H and O–H groups in total. The van der Waals surface area contributed by atoms with Gasteiger partial charge >= 0.3 is 0 Å². The number of carbonyl (C=O) groups is 1. The van der Waals surface area contributed by atoms with Crippen molar-refractivity contribution in [3.05, 3.63) is 77.4 Å². The van der Waals surface area contributed by atoms with Crippen molar-refractivity contribution in [2.75, 3.05) is 39.5 Å². The number of benzene rings is 3. The Hall–Kier alpha value is -4.39. The zero-order valence-electron chi connectivity index (χ0n) is 19.6. The number of methoxy groups -OCH3 is 4. The lowest BCUT2D eigenvalue weighted by atomic mass is 10.1. The van der Waals surface area contributed by atoms with E-state index in [2.05, 4.69) is 5.32 Å². The van der Waals surface area contributed by atoms with Crippen molar-refractivity contribution in [3.8, 4) is 23.0 Å². The predicted molar refractivity (Wildman–Crippen MR) is 137 cm³/mol. The Labute approximate surface area is 199 Å². The predicted octanol–water partition coefficient (Wildman–Crippen LogP) is 5.13. The summed E-state index contributed by atoms with van der Waals surface area (Å²) < 4.78 is 21.7. The minimum Gasteiger partial charge on any atom is -0.495 e. The van der Waals surface area contributed by atoms with Crippen LogP contribution in [0.1, 0.15) is 16.7 Å².